The van der Waals surface area contributed by atoms with Gasteiger partial charge < -0.3 is 14.4 Å². The van der Waals surface area contributed by atoms with E-state index in [1.807, 2.05) is 0 Å². The van der Waals surface area contributed by atoms with Crippen molar-refractivity contribution in [3.63, 3.8) is 0 Å². The lowest BCUT2D eigenvalue weighted by atomic mass is 10.2. The molecule has 0 aromatic rings. The topological polar surface area (TPSA) is 52.4 Å². The Bertz CT molecular complexity index is 238. The molecular formula is C12H27N2O5+. The first-order valence-corrected chi connectivity index (χ1v) is 6.51. The Labute approximate surface area is 115 Å². The predicted molar refractivity (Wildman–Crippen MR) is 69.9 cm³/mol. The van der Waals surface area contributed by atoms with Crippen LogP contribution in [-0.4, -0.2) is 51.2 Å². The van der Waals surface area contributed by atoms with Crippen LogP contribution in [0, 0.1) is 0 Å². The maximum Gasteiger partial charge on any atom is 0.593 e. The molecule has 7 heteroatoms. The van der Waals surface area contributed by atoms with Crippen LogP contribution in [0.5, 0.6) is 0 Å². The van der Waals surface area contributed by atoms with Crippen LogP contribution in [-0.2, 0) is 24.1 Å². The van der Waals surface area contributed by atoms with Gasteiger partial charge in [0, 0.05) is 0 Å². The molecule has 0 spiro atoms. The third kappa shape index (κ3) is 7.07. The number of hydrogen-bond donors (Lipinski definition) is 0. The van der Waals surface area contributed by atoms with Gasteiger partial charge in [0.25, 0.3) is 0 Å². The summed E-state index contributed by atoms with van der Waals surface area (Å²) in [7, 11) is 5.82. The highest BCUT2D eigenvalue weighted by Gasteiger charge is 2.31. The van der Waals surface area contributed by atoms with Gasteiger partial charge in [-0.15, -0.1) is 0 Å². The standard InChI is InChI=1S/C12H27N2O5/c1-6-7-8-9-10-11-19-12(13(15-2)16-3)14(17-4)18-5/h6-11H2,1-5H3/q+1. The summed E-state index contributed by atoms with van der Waals surface area (Å²) in [6.07, 6.45) is 5.76. The summed E-state index contributed by atoms with van der Waals surface area (Å²) in [6, 6.07) is 0.186. The van der Waals surface area contributed by atoms with Crippen molar-refractivity contribution < 1.29 is 29.0 Å². The number of rotatable bonds is 10. The first-order chi connectivity index (χ1) is 9.24. The fourth-order valence-electron chi connectivity index (χ4n) is 1.50. The van der Waals surface area contributed by atoms with Crippen LogP contribution >= 0.6 is 0 Å². The zero-order chi connectivity index (χ0) is 14.5. The lowest BCUT2D eigenvalue weighted by Gasteiger charge is -2.12. The van der Waals surface area contributed by atoms with Gasteiger partial charge in [-0.25, -0.2) is 0 Å². The Morgan fingerprint density at radius 2 is 1.47 bits per heavy atom. The minimum atomic E-state index is 0.186. The molecule has 7 nitrogen and oxygen atoms in total. The van der Waals surface area contributed by atoms with E-state index in [4.69, 9.17) is 24.1 Å². The van der Waals surface area contributed by atoms with Crippen molar-refractivity contribution >= 4 is 6.02 Å². The van der Waals surface area contributed by atoms with Crippen LogP contribution in [0.25, 0.3) is 0 Å². The van der Waals surface area contributed by atoms with Crippen molar-refractivity contribution in [1.29, 1.82) is 0 Å². The molecule has 0 N–H and O–H groups in total. The van der Waals surface area contributed by atoms with Gasteiger partial charge >= 0.3 is 6.02 Å². The first kappa shape index (κ1) is 17.8. The van der Waals surface area contributed by atoms with Gasteiger partial charge in [-0.2, -0.15) is 9.68 Å². The van der Waals surface area contributed by atoms with Crippen LogP contribution < -0.4 is 0 Å². The lowest BCUT2D eigenvalue weighted by Crippen LogP contribution is -2.38. The quantitative estimate of drug-likeness (QED) is 0.263. The molecule has 0 bridgehead atoms. The highest BCUT2D eigenvalue weighted by molar-refractivity contribution is 5.65. The second-order valence-electron chi connectivity index (χ2n) is 3.79. The molecular weight excluding hydrogens is 252 g/mol. The average molecular weight is 279 g/mol. The van der Waals surface area contributed by atoms with Crippen LogP contribution in [0.4, 0.5) is 0 Å². The number of unbranched alkanes of at least 4 members (excludes halogenated alkanes) is 4. The van der Waals surface area contributed by atoms with E-state index in [9.17, 15) is 0 Å². The molecule has 19 heavy (non-hydrogen) atoms. The van der Waals surface area contributed by atoms with Gasteiger partial charge in [0.05, 0.1) is 26.1 Å². The van der Waals surface area contributed by atoms with Gasteiger partial charge in [-0.05, 0) is 6.42 Å². The maximum absolute atomic E-state index is 5.58. The van der Waals surface area contributed by atoms with Crippen molar-refractivity contribution in [2.24, 2.45) is 0 Å². The monoisotopic (exact) mass is 279 g/mol. The van der Waals surface area contributed by atoms with E-state index in [-0.39, 0.29) is 6.02 Å². The number of amidine groups is 1. The van der Waals surface area contributed by atoms with E-state index in [2.05, 4.69) is 6.92 Å². The molecule has 0 fully saturated rings. The summed E-state index contributed by atoms with van der Waals surface area (Å²) in [5, 5.41) is 1.07. The molecule has 0 unspecified atom stereocenters. The van der Waals surface area contributed by atoms with Gasteiger partial charge in [-0.1, -0.05) is 32.6 Å². The fraction of sp³-hybridized carbons (Fsp3) is 0.917. The van der Waals surface area contributed by atoms with Gasteiger partial charge in [0.1, 0.15) is 14.2 Å². The molecule has 0 atom stereocenters. The average Bonchev–Trinajstić information content (AvgIpc) is 2.44. The molecule has 0 aliphatic carbocycles. The minimum Gasteiger partial charge on any atom is -0.422 e. The van der Waals surface area contributed by atoms with Crippen LogP contribution in [0.2, 0.25) is 0 Å². The third-order valence-electron chi connectivity index (χ3n) is 2.45. The molecule has 0 aromatic carbocycles. The zero-order valence-corrected chi connectivity index (χ0v) is 12.7. The number of ether oxygens (including phenoxy) is 1. The lowest BCUT2D eigenvalue weighted by molar-refractivity contribution is -0.965. The Balaban J connectivity index is 4.32. The van der Waals surface area contributed by atoms with E-state index >= 15 is 0 Å². The van der Waals surface area contributed by atoms with Crippen molar-refractivity contribution in [2.75, 3.05) is 35.0 Å². The Kier molecular flexibility index (Phi) is 11.1. The normalized spacial score (nSPS) is 9.95. The molecule has 0 radical (unpaired) electrons. The molecule has 0 amide bonds. The molecule has 0 aromatic heterocycles. The van der Waals surface area contributed by atoms with Gasteiger partial charge in [0.2, 0.25) is 0 Å². The van der Waals surface area contributed by atoms with E-state index in [1.54, 1.807) is 0 Å². The van der Waals surface area contributed by atoms with Crippen LogP contribution in [0.1, 0.15) is 39.0 Å². The van der Waals surface area contributed by atoms with Gasteiger partial charge in [-0.3, -0.25) is 0 Å². The summed E-state index contributed by atoms with van der Waals surface area (Å²) in [5.74, 6) is 0. The molecule has 0 aliphatic heterocycles. The Morgan fingerprint density at radius 1 is 0.895 bits per heavy atom. The summed E-state index contributed by atoms with van der Waals surface area (Å²) >= 11 is 0. The van der Waals surface area contributed by atoms with Crippen molar-refractivity contribution in [3.8, 4) is 0 Å². The number of nitrogens with zero attached hydrogens (tertiary/aromatic N) is 2. The molecule has 0 heterocycles. The molecule has 0 rings (SSSR count). The number of hydroxylamine groups is 2. The fourth-order valence-corrected chi connectivity index (χ4v) is 1.50. The maximum atomic E-state index is 5.58. The first-order valence-electron chi connectivity index (χ1n) is 6.51. The largest absolute Gasteiger partial charge is 0.593 e. The Morgan fingerprint density at radius 3 is 1.95 bits per heavy atom. The van der Waals surface area contributed by atoms with Crippen molar-refractivity contribution in [3.05, 3.63) is 0 Å². The highest BCUT2D eigenvalue weighted by Crippen LogP contribution is 2.04. The van der Waals surface area contributed by atoms with E-state index in [0.29, 0.717) is 6.61 Å². The summed E-state index contributed by atoms with van der Waals surface area (Å²) < 4.78 is 5.58. The van der Waals surface area contributed by atoms with Crippen LogP contribution in [0.3, 0.4) is 0 Å². The minimum absolute atomic E-state index is 0.186. The Hall–Kier alpha value is -1.21. The smallest absolute Gasteiger partial charge is 0.422 e. The summed E-state index contributed by atoms with van der Waals surface area (Å²) in [5.41, 5.74) is 0. The summed E-state index contributed by atoms with van der Waals surface area (Å²) in [4.78, 5) is 21.0. The van der Waals surface area contributed by atoms with Crippen LogP contribution in [0.15, 0.2) is 0 Å². The van der Waals surface area contributed by atoms with E-state index in [0.717, 1.165) is 23.0 Å². The highest BCUT2D eigenvalue weighted by atomic mass is 17.0. The van der Waals surface area contributed by atoms with Crippen molar-refractivity contribution in [1.82, 2.24) is 5.23 Å². The molecule has 0 saturated carbocycles. The summed E-state index contributed by atoms with van der Waals surface area (Å²) in [6.45, 7) is 2.72. The third-order valence-corrected chi connectivity index (χ3v) is 2.45. The SMILES string of the molecule is CCCCCCCOC(N(OC)OC)=[N+](OC)OC. The second-order valence-corrected chi connectivity index (χ2v) is 3.79. The zero-order valence-electron chi connectivity index (χ0n) is 12.7. The van der Waals surface area contributed by atoms with E-state index < -0.39 is 0 Å². The molecule has 0 aliphatic rings. The van der Waals surface area contributed by atoms with E-state index in [1.165, 1.54) is 47.7 Å². The van der Waals surface area contributed by atoms with Crippen molar-refractivity contribution in [2.45, 2.75) is 39.0 Å². The molecule has 114 valence electrons. The second kappa shape index (κ2) is 11.9. The predicted octanol–water partition coefficient (Wildman–Crippen LogP) is 1.89. The molecule has 0 saturated heterocycles. The van der Waals surface area contributed by atoms with Gasteiger partial charge in [0.15, 0.2) is 4.90 Å². The number of hydrogen-bond acceptors (Lipinski definition) is 5.